The van der Waals surface area contributed by atoms with Gasteiger partial charge in [0.25, 0.3) is 0 Å². The molecule has 0 N–H and O–H groups in total. The van der Waals surface area contributed by atoms with E-state index in [9.17, 15) is 0 Å². The Balaban J connectivity index is 1.98. The fraction of sp³-hybridized carbons (Fsp3) is 0.615. The van der Waals surface area contributed by atoms with Crippen molar-refractivity contribution >= 4 is 21.7 Å². The molecule has 0 aromatic carbocycles. The first-order chi connectivity index (χ1) is 8.16. The zero-order chi connectivity index (χ0) is 12.3. The van der Waals surface area contributed by atoms with E-state index in [-0.39, 0.29) is 0 Å². The Labute approximate surface area is 111 Å². The second-order valence-corrected chi connectivity index (χ2v) is 5.46. The Kier molecular flexibility index (Phi) is 4.40. The number of pyridine rings is 1. The summed E-state index contributed by atoms with van der Waals surface area (Å²) in [6.45, 7) is 3.85. The number of rotatable bonds is 3. The molecular weight excluding hydrogens is 280 g/mol. The van der Waals surface area contributed by atoms with Gasteiger partial charge in [-0.1, -0.05) is 0 Å². The zero-order valence-electron chi connectivity index (χ0n) is 10.4. The highest BCUT2D eigenvalue weighted by atomic mass is 79.9. The molecule has 2 heterocycles. The maximum absolute atomic E-state index is 5.75. The quantitative estimate of drug-likeness (QED) is 0.857. The van der Waals surface area contributed by atoms with Crippen molar-refractivity contribution in [2.45, 2.75) is 32.3 Å². The topological polar surface area (TPSA) is 25.4 Å². The van der Waals surface area contributed by atoms with Gasteiger partial charge in [-0.2, -0.15) is 0 Å². The number of aromatic nitrogens is 1. The van der Waals surface area contributed by atoms with Crippen LogP contribution in [0, 0.1) is 6.92 Å². The Morgan fingerprint density at radius 3 is 2.94 bits per heavy atom. The van der Waals surface area contributed by atoms with Gasteiger partial charge in [0, 0.05) is 24.7 Å². The first kappa shape index (κ1) is 12.8. The smallest absolute Gasteiger partial charge is 0.128 e. The number of nitrogens with zero attached hydrogens (tertiary/aromatic N) is 2. The van der Waals surface area contributed by atoms with Crippen molar-refractivity contribution in [1.82, 2.24) is 4.98 Å². The SMILES string of the molecule is Cc1nc(N(C)CC2CCCCO2)ccc1Br. The summed E-state index contributed by atoms with van der Waals surface area (Å²) in [6, 6.07) is 4.09. The normalized spacial score (nSPS) is 20.3. The van der Waals surface area contributed by atoms with Gasteiger partial charge in [0.15, 0.2) is 0 Å². The van der Waals surface area contributed by atoms with Gasteiger partial charge in [-0.25, -0.2) is 4.98 Å². The molecule has 1 unspecified atom stereocenters. The fourth-order valence-electron chi connectivity index (χ4n) is 2.09. The number of anilines is 1. The first-order valence-electron chi connectivity index (χ1n) is 6.12. The lowest BCUT2D eigenvalue weighted by Crippen LogP contribution is -2.33. The number of hydrogen-bond donors (Lipinski definition) is 0. The average Bonchev–Trinajstić information content (AvgIpc) is 2.34. The second kappa shape index (κ2) is 5.83. The Bertz CT molecular complexity index is 378. The molecule has 17 heavy (non-hydrogen) atoms. The molecule has 94 valence electrons. The van der Waals surface area contributed by atoms with E-state index >= 15 is 0 Å². The van der Waals surface area contributed by atoms with Crippen LogP contribution in [0.15, 0.2) is 16.6 Å². The van der Waals surface area contributed by atoms with Crippen LogP contribution in [-0.2, 0) is 4.74 Å². The predicted octanol–water partition coefficient (Wildman–Crippen LogP) is 3.16. The summed E-state index contributed by atoms with van der Waals surface area (Å²) in [7, 11) is 2.08. The Morgan fingerprint density at radius 1 is 1.47 bits per heavy atom. The molecule has 0 bridgehead atoms. The third-order valence-corrected chi connectivity index (χ3v) is 3.99. The van der Waals surface area contributed by atoms with Gasteiger partial charge in [0.05, 0.1) is 11.8 Å². The Hall–Kier alpha value is -0.610. The molecule has 0 aliphatic carbocycles. The van der Waals surface area contributed by atoms with E-state index in [0.29, 0.717) is 6.10 Å². The van der Waals surface area contributed by atoms with E-state index < -0.39 is 0 Å². The lowest BCUT2D eigenvalue weighted by atomic mass is 10.1. The maximum Gasteiger partial charge on any atom is 0.128 e. The van der Waals surface area contributed by atoms with Crippen molar-refractivity contribution in [3.05, 3.63) is 22.3 Å². The van der Waals surface area contributed by atoms with E-state index in [0.717, 1.165) is 29.1 Å². The van der Waals surface area contributed by atoms with Gasteiger partial charge in [-0.3, -0.25) is 0 Å². The summed E-state index contributed by atoms with van der Waals surface area (Å²) in [4.78, 5) is 6.74. The minimum absolute atomic E-state index is 0.361. The van der Waals surface area contributed by atoms with E-state index in [2.05, 4.69) is 38.9 Å². The van der Waals surface area contributed by atoms with Crippen molar-refractivity contribution in [2.24, 2.45) is 0 Å². The number of hydrogen-bond acceptors (Lipinski definition) is 3. The molecule has 0 radical (unpaired) electrons. The van der Waals surface area contributed by atoms with Crippen LogP contribution >= 0.6 is 15.9 Å². The van der Waals surface area contributed by atoms with Crippen molar-refractivity contribution in [3.63, 3.8) is 0 Å². The molecule has 1 saturated heterocycles. The number of aryl methyl sites for hydroxylation is 1. The zero-order valence-corrected chi connectivity index (χ0v) is 12.0. The lowest BCUT2D eigenvalue weighted by Gasteiger charge is -2.28. The molecule has 1 fully saturated rings. The monoisotopic (exact) mass is 298 g/mol. The van der Waals surface area contributed by atoms with Gasteiger partial charge in [-0.05, 0) is 54.2 Å². The van der Waals surface area contributed by atoms with Crippen molar-refractivity contribution in [2.75, 3.05) is 25.1 Å². The molecule has 1 atom stereocenters. The number of halogens is 1. The van der Waals surface area contributed by atoms with Crippen LogP contribution in [0.5, 0.6) is 0 Å². The molecule has 3 nitrogen and oxygen atoms in total. The fourth-order valence-corrected chi connectivity index (χ4v) is 2.31. The third kappa shape index (κ3) is 3.42. The van der Waals surface area contributed by atoms with Crippen LogP contribution in [0.2, 0.25) is 0 Å². The highest BCUT2D eigenvalue weighted by molar-refractivity contribution is 9.10. The molecule has 1 aliphatic rings. The van der Waals surface area contributed by atoms with E-state index in [1.807, 2.05) is 13.0 Å². The van der Waals surface area contributed by atoms with Crippen LogP contribution in [0.3, 0.4) is 0 Å². The van der Waals surface area contributed by atoms with Crippen molar-refractivity contribution in [3.8, 4) is 0 Å². The number of likely N-dealkylation sites (N-methyl/N-ethyl adjacent to an activating group) is 1. The minimum Gasteiger partial charge on any atom is -0.376 e. The van der Waals surface area contributed by atoms with Crippen molar-refractivity contribution < 1.29 is 4.74 Å². The Morgan fingerprint density at radius 2 is 2.29 bits per heavy atom. The molecule has 0 saturated carbocycles. The first-order valence-corrected chi connectivity index (χ1v) is 6.92. The summed E-state index contributed by atoms with van der Waals surface area (Å²) in [5.41, 5.74) is 1.03. The van der Waals surface area contributed by atoms with Gasteiger partial charge in [0.2, 0.25) is 0 Å². The largest absolute Gasteiger partial charge is 0.376 e. The molecule has 4 heteroatoms. The van der Waals surface area contributed by atoms with Crippen LogP contribution in [0.1, 0.15) is 25.0 Å². The van der Waals surface area contributed by atoms with Crippen LogP contribution < -0.4 is 4.90 Å². The minimum atomic E-state index is 0.361. The molecule has 1 aromatic heterocycles. The molecule has 2 rings (SSSR count). The lowest BCUT2D eigenvalue weighted by molar-refractivity contribution is 0.0215. The van der Waals surface area contributed by atoms with Crippen LogP contribution in [0.25, 0.3) is 0 Å². The molecule has 1 aliphatic heterocycles. The summed E-state index contributed by atoms with van der Waals surface area (Å²) < 4.78 is 6.80. The highest BCUT2D eigenvalue weighted by Gasteiger charge is 2.16. The van der Waals surface area contributed by atoms with E-state index in [4.69, 9.17) is 4.74 Å². The predicted molar refractivity (Wildman–Crippen MR) is 73.5 cm³/mol. The summed E-state index contributed by atoms with van der Waals surface area (Å²) >= 11 is 3.47. The van der Waals surface area contributed by atoms with E-state index in [1.165, 1.54) is 19.3 Å². The molecule has 0 spiro atoms. The van der Waals surface area contributed by atoms with Gasteiger partial charge < -0.3 is 9.64 Å². The maximum atomic E-state index is 5.75. The second-order valence-electron chi connectivity index (χ2n) is 4.61. The summed E-state index contributed by atoms with van der Waals surface area (Å²) in [5.74, 6) is 1.01. The molecule has 1 aromatic rings. The van der Waals surface area contributed by atoms with Crippen molar-refractivity contribution in [1.29, 1.82) is 0 Å². The molecule has 0 amide bonds. The van der Waals surface area contributed by atoms with E-state index in [1.54, 1.807) is 0 Å². The van der Waals surface area contributed by atoms with Gasteiger partial charge in [0.1, 0.15) is 5.82 Å². The highest BCUT2D eigenvalue weighted by Crippen LogP contribution is 2.20. The van der Waals surface area contributed by atoms with Gasteiger partial charge in [-0.15, -0.1) is 0 Å². The number of ether oxygens (including phenoxy) is 1. The van der Waals surface area contributed by atoms with Crippen LogP contribution in [0.4, 0.5) is 5.82 Å². The standard InChI is InChI=1S/C13H19BrN2O/c1-10-12(14)6-7-13(15-10)16(2)9-11-5-3-4-8-17-11/h6-7,11H,3-5,8-9H2,1-2H3. The average molecular weight is 299 g/mol. The van der Waals surface area contributed by atoms with Gasteiger partial charge >= 0.3 is 0 Å². The summed E-state index contributed by atoms with van der Waals surface area (Å²) in [5, 5.41) is 0. The van der Waals surface area contributed by atoms with Crippen LogP contribution in [-0.4, -0.2) is 31.3 Å². The summed E-state index contributed by atoms with van der Waals surface area (Å²) in [6.07, 6.45) is 4.01. The third-order valence-electron chi connectivity index (χ3n) is 3.15. The molecular formula is C13H19BrN2O.